The third kappa shape index (κ3) is 8.01. The number of benzene rings is 2. The van der Waals surface area contributed by atoms with Crippen LogP contribution in [0.1, 0.15) is 12.8 Å². The Hall–Kier alpha value is -2.94. The van der Waals surface area contributed by atoms with E-state index in [1.165, 1.54) is 0 Å². The van der Waals surface area contributed by atoms with Gasteiger partial charge in [-0.25, -0.2) is 0 Å². The molecule has 0 aliphatic carbocycles. The number of amides is 1. The minimum atomic E-state index is -1.02. The summed E-state index contributed by atoms with van der Waals surface area (Å²) in [6.07, 6.45) is 0.693. The van der Waals surface area contributed by atoms with Crippen LogP contribution in [0.25, 0.3) is 0 Å². The molecule has 1 aliphatic heterocycles. The molecule has 1 heterocycles. The van der Waals surface area contributed by atoms with Gasteiger partial charge in [0.15, 0.2) is 0 Å². The van der Waals surface area contributed by atoms with Crippen molar-refractivity contribution in [3.63, 3.8) is 0 Å². The van der Waals surface area contributed by atoms with Gasteiger partial charge in [-0.15, -0.1) is 0 Å². The lowest BCUT2D eigenvalue weighted by Crippen LogP contribution is -2.42. The number of anilines is 3. The first-order valence-electron chi connectivity index (χ1n) is 10.6. The van der Waals surface area contributed by atoms with Crippen molar-refractivity contribution in [3.05, 3.63) is 54.6 Å². The monoisotopic (exact) mass is 426 g/mol. The second-order valence-electron chi connectivity index (χ2n) is 7.47. The molecule has 0 saturated carbocycles. The summed E-state index contributed by atoms with van der Waals surface area (Å²) >= 11 is 0. The summed E-state index contributed by atoms with van der Waals surface area (Å²) in [7, 11) is 0. The van der Waals surface area contributed by atoms with Crippen molar-refractivity contribution in [2.45, 2.75) is 18.9 Å². The summed E-state index contributed by atoms with van der Waals surface area (Å²) < 4.78 is 5.32. The van der Waals surface area contributed by atoms with Gasteiger partial charge in [0, 0.05) is 30.2 Å². The third-order valence-electron chi connectivity index (χ3n) is 5.06. The molecule has 1 fully saturated rings. The first-order chi connectivity index (χ1) is 15.1. The summed E-state index contributed by atoms with van der Waals surface area (Å²) in [5, 5.41) is 18.5. The second-order valence-corrected chi connectivity index (χ2v) is 7.47. The number of hydrogen-bond acceptors (Lipinski definition) is 6. The van der Waals surface area contributed by atoms with E-state index in [-0.39, 0.29) is 12.3 Å². The van der Waals surface area contributed by atoms with Gasteiger partial charge in [0.25, 0.3) is 0 Å². The molecule has 0 aromatic heterocycles. The quantitative estimate of drug-likeness (QED) is 0.410. The van der Waals surface area contributed by atoms with Crippen molar-refractivity contribution in [3.8, 4) is 0 Å². The summed E-state index contributed by atoms with van der Waals surface area (Å²) in [6, 6.07) is 16.2. The highest BCUT2D eigenvalue weighted by molar-refractivity contribution is 5.94. The standard InChI is InChI=1S/C23H30N4O4/c28-22(17-21(23(29)30)24-11-4-12-27-13-15-31-16-14-27)26-20-9-7-19(8-10-20)25-18-5-2-1-3-6-18/h1-3,5-10,21,24-25H,4,11-17H2,(H,26,28)(H,29,30)/t21-/m1/s1. The molecule has 8 heteroatoms. The van der Waals surface area contributed by atoms with E-state index in [2.05, 4.69) is 20.9 Å². The van der Waals surface area contributed by atoms with E-state index in [9.17, 15) is 14.7 Å². The molecule has 2 aromatic carbocycles. The van der Waals surface area contributed by atoms with Gasteiger partial charge in [0.05, 0.1) is 19.6 Å². The van der Waals surface area contributed by atoms with Crippen LogP contribution in [0, 0.1) is 0 Å². The van der Waals surface area contributed by atoms with Gasteiger partial charge >= 0.3 is 5.97 Å². The van der Waals surface area contributed by atoms with Gasteiger partial charge in [-0.2, -0.15) is 0 Å². The maximum Gasteiger partial charge on any atom is 0.321 e. The first kappa shape index (κ1) is 22.7. The molecule has 31 heavy (non-hydrogen) atoms. The summed E-state index contributed by atoms with van der Waals surface area (Å²) in [5.41, 5.74) is 2.50. The molecular weight excluding hydrogens is 396 g/mol. The Morgan fingerprint density at radius 2 is 1.61 bits per heavy atom. The largest absolute Gasteiger partial charge is 0.480 e. The highest BCUT2D eigenvalue weighted by Crippen LogP contribution is 2.18. The Bertz CT molecular complexity index is 823. The van der Waals surface area contributed by atoms with Crippen molar-refractivity contribution in [1.29, 1.82) is 0 Å². The summed E-state index contributed by atoms with van der Waals surface area (Å²) in [5.74, 6) is -1.36. The number of ether oxygens (including phenoxy) is 1. The van der Waals surface area contributed by atoms with Crippen molar-refractivity contribution in [2.24, 2.45) is 0 Å². The van der Waals surface area contributed by atoms with Crippen LogP contribution >= 0.6 is 0 Å². The lowest BCUT2D eigenvalue weighted by Gasteiger charge is -2.26. The average Bonchev–Trinajstić information content (AvgIpc) is 2.78. The van der Waals surface area contributed by atoms with Crippen LogP contribution in [0.2, 0.25) is 0 Å². The van der Waals surface area contributed by atoms with Crippen LogP contribution in [-0.4, -0.2) is 67.3 Å². The summed E-state index contributed by atoms with van der Waals surface area (Å²) in [4.78, 5) is 26.2. The molecular formula is C23H30N4O4. The zero-order valence-corrected chi connectivity index (χ0v) is 17.5. The molecule has 1 saturated heterocycles. The van der Waals surface area contributed by atoms with Crippen LogP contribution in [0.5, 0.6) is 0 Å². The summed E-state index contributed by atoms with van der Waals surface area (Å²) in [6.45, 7) is 4.73. The van der Waals surface area contributed by atoms with Crippen LogP contribution in [0.3, 0.4) is 0 Å². The number of hydrogen-bond donors (Lipinski definition) is 4. The molecule has 1 aliphatic rings. The molecule has 166 valence electrons. The molecule has 0 spiro atoms. The fourth-order valence-corrected chi connectivity index (χ4v) is 3.37. The Kier molecular flexibility index (Phi) is 8.84. The zero-order chi connectivity index (χ0) is 21.9. The van der Waals surface area contributed by atoms with Crippen molar-refractivity contribution < 1.29 is 19.4 Å². The Morgan fingerprint density at radius 3 is 2.29 bits per heavy atom. The van der Waals surface area contributed by atoms with Crippen LogP contribution in [-0.2, 0) is 14.3 Å². The lowest BCUT2D eigenvalue weighted by molar-refractivity contribution is -0.141. The number of carboxylic acids is 1. The van der Waals surface area contributed by atoms with E-state index < -0.39 is 12.0 Å². The topological polar surface area (TPSA) is 103 Å². The van der Waals surface area contributed by atoms with Gasteiger partial charge in [-0.1, -0.05) is 18.2 Å². The van der Waals surface area contributed by atoms with Gasteiger partial charge in [0.1, 0.15) is 6.04 Å². The van der Waals surface area contributed by atoms with E-state index >= 15 is 0 Å². The molecule has 1 amide bonds. The molecule has 4 N–H and O–H groups in total. The number of carbonyl (C=O) groups is 2. The van der Waals surface area contributed by atoms with E-state index in [4.69, 9.17) is 4.74 Å². The Labute approximate surface area is 182 Å². The Balaban J connectivity index is 1.41. The number of morpholine rings is 1. The molecule has 8 nitrogen and oxygen atoms in total. The number of carbonyl (C=O) groups excluding carboxylic acids is 1. The van der Waals surface area contributed by atoms with Gasteiger partial charge in [-0.05, 0) is 55.9 Å². The van der Waals surface area contributed by atoms with Crippen molar-refractivity contribution in [2.75, 3.05) is 50.0 Å². The predicted octanol–water partition coefficient (Wildman–Crippen LogP) is 2.52. The number of aliphatic carboxylic acids is 1. The molecule has 2 aromatic rings. The fourth-order valence-electron chi connectivity index (χ4n) is 3.37. The fraction of sp³-hybridized carbons (Fsp3) is 0.391. The number of carboxylic acid groups (broad SMARTS) is 1. The van der Waals surface area contributed by atoms with Gasteiger partial charge in [0.2, 0.25) is 5.91 Å². The molecule has 3 rings (SSSR count). The van der Waals surface area contributed by atoms with Crippen molar-refractivity contribution in [1.82, 2.24) is 10.2 Å². The highest BCUT2D eigenvalue weighted by Gasteiger charge is 2.21. The SMILES string of the molecule is O=C(C[C@@H](NCCCN1CCOCC1)C(=O)O)Nc1ccc(Nc2ccccc2)cc1. The molecule has 0 bridgehead atoms. The Morgan fingerprint density at radius 1 is 0.968 bits per heavy atom. The number of para-hydroxylation sites is 1. The third-order valence-corrected chi connectivity index (χ3v) is 5.06. The van der Waals surface area contributed by atoms with E-state index in [0.29, 0.717) is 12.2 Å². The number of rotatable bonds is 11. The van der Waals surface area contributed by atoms with Crippen LogP contribution < -0.4 is 16.0 Å². The molecule has 1 atom stereocenters. The zero-order valence-electron chi connectivity index (χ0n) is 17.5. The average molecular weight is 427 g/mol. The second kappa shape index (κ2) is 12.0. The minimum Gasteiger partial charge on any atom is -0.480 e. The first-order valence-corrected chi connectivity index (χ1v) is 10.6. The van der Waals surface area contributed by atoms with Gasteiger partial charge < -0.3 is 25.8 Å². The molecule has 0 radical (unpaired) electrons. The normalized spacial score (nSPS) is 15.2. The lowest BCUT2D eigenvalue weighted by atomic mass is 10.2. The highest BCUT2D eigenvalue weighted by atomic mass is 16.5. The minimum absolute atomic E-state index is 0.128. The number of nitrogens with one attached hydrogen (secondary N) is 3. The van der Waals surface area contributed by atoms with Gasteiger partial charge in [-0.3, -0.25) is 14.5 Å². The van der Waals surface area contributed by atoms with E-state index in [1.807, 2.05) is 42.5 Å². The predicted molar refractivity (Wildman–Crippen MR) is 121 cm³/mol. The smallest absolute Gasteiger partial charge is 0.321 e. The van der Waals surface area contributed by atoms with Crippen LogP contribution in [0.4, 0.5) is 17.1 Å². The van der Waals surface area contributed by atoms with E-state index in [0.717, 1.165) is 50.6 Å². The maximum atomic E-state index is 12.3. The van der Waals surface area contributed by atoms with Crippen LogP contribution in [0.15, 0.2) is 54.6 Å². The molecule has 0 unspecified atom stereocenters. The van der Waals surface area contributed by atoms with E-state index in [1.54, 1.807) is 12.1 Å². The van der Waals surface area contributed by atoms with Crippen molar-refractivity contribution >= 4 is 28.9 Å². The number of nitrogens with zero attached hydrogens (tertiary/aromatic N) is 1. The maximum absolute atomic E-state index is 12.3.